The SMILES string of the molecule is CCCCCCCCCCCCCCCCCCCCCCC(=O)O[C@H](COC(=O)CCCCCCCCCCCCC(C)CC)COP(=O)(O)OC[C@@H](O)COP(=O)(O)OC[C@@H](COC(=O)CCCCCCCCCCCC(C)C)OC(=O)CCCCCCCCCCCCCCC. The molecular weight excluding hydrogens is 1290 g/mol. The lowest BCUT2D eigenvalue weighted by Gasteiger charge is -2.21. The van der Waals surface area contributed by atoms with Gasteiger partial charge < -0.3 is 33.8 Å². The Balaban J connectivity index is 5.24. The summed E-state index contributed by atoms with van der Waals surface area (Å²) in [7, 11) is -9.92. The molecule has 19 heteroatoms. The number of phosphoric acid groups is 2. The zero-order valence-electron chi connectivity index (χ0n) is 64.8. The third kappa shape index (κ3) is 72.8. The highest BCUT2D eigenvalue weighted by Crippen LogP contribution is 2.45. The van der Waals surface area contributed by atoms with Crippen LogP contribution in [0.1, 0.15) is 420 Å². The monoisotopic (exact) mass is 1450 g/mol. The average molecular weight is 1450 g/mol. The second-order valence-electron chi connectivity index (χ2n) is 29.5. The number of ether oxygens (including phenoxy) is 4. The topological polar surface area (TPSA) is 237 Å². The Hall–Kier alpha value is -1.94. The number of aliphatic hydroxyl groups excluding tert-OH is 1. The molecular formula is C80H156O17P2. The summed E-state index contributed by atoms with van der Waals surface area (Å²) in [6.45, 7) is 9.64. The average Bonchev–Trinajstić information content (AvgIpc) is 1.03. The van der Waals surface area contributed by atoms with Crippen molar-refractivity contribution in [2.24, 2.45) is 11.8 Å². The van der Waals surface area contributed by atoms with Gasteiger partial charge in [-0.15, -0.1) is 0 Å². The maximum atomic E-state index is 13.1. The molecule has 0 spiro atoms. The van der Waals surface area contributed by atoms with Crippen molar-refractivity contribution in [2.45, 2.75) is 439 Å². The van der Waals surface area contributed by atoms with Crippen LogP contribution in [0.4, 0.5) is 0 Å². The third-order valence-corrected chi connectivity index (χ3v) is 21.0. The Labute approximate surface area is 607 Å². The lowest BCUT2D eigenvalue weighted by Crippen LogP contribution is -2.30. The molecule has 0 aromatic heterocycles. The maximum absolute atomic E-state index is 13.1. The predicted molar refractivity (Wildman–Crippen MR) is 405 cm³/mol. The summed E-state index contributed by atoms with van der Waals surface area (Å²) in [4.78, 5) is 73.0. The van der Waals surface area contributed by atoms with E-state index >= 15 is 0 Å². The van der Waals surface area contributed by atoms with E-state index in [0.29, 0.717) is 25.7 Å². The maximum Gasteiger partial charge on any atom is 0.472 e. The van der Waals surface area contributed by atoms with Gasteiger partial charge in [0.2, 0.25) is 0 Å². The summed E-state index contributed by atoms with van der Waals surface area (Å²) < 4.78 is 68.7. The fourth-order valence-corrected chi connectivity index (χ4v) is 13.9. The van der Waals surface area contributed by atoms with Crippen molar-refractivity contribution in [3.05, 3.63) is 0 Å². The summed E-state index contributed by atoms with van der Waals surface area (Å²) >= 11 is 0. The lowest BCUT2D eigenvalue weighted by molar-refractivity contribution is -0.161. The van der Waals surface area contributed by atoms with Crippen molar-refractivity contribution in [3.63, 3.8) is 0 Å². The van der Waals surface area contributed by atoms with Gasteiger partial charge in [0.15, 0.2) is 12.2 Å². The van der Waals surface area contributed by atoms with Gasteiger partial charge in [-0.1, -0.05) is 369 Å². The molecule has 0 fully saturated rings. The van der Waals surface area contributed by atoms with Crippen LogP contribution in [-0.2, 0) is 65.4 Å². The second-order valence-corrected chi connectivity index (χ2v) is 32.4. The summed E-state index contributed by atoms with van der Waals surface area (Å²) in [6, 6.07) is 0. The van der Waals surface area contributed by atoms with Gasteiger partial charge in [0.25, 0.3) is 0 Å². The van der Waals surface area contributed by atoms with Crippen LogP contribution in [0.15, 0.2) is 0 Å². The van der Waals surface area contributed by atoms with Crippen LogP contribution in [0.2, 0.25) is 0 Å². The fourth-order valence-electron chi connectivity index (χ4n) is 12.3. The highest BCUT2D eigenvalue weighted by Gasteiger charge is 2.30. The van der Waals surface area contributed by atoms with E-state index in [9.17, 15) is 43.2 Å². The number of unbranched alkanes of at least 4 members (excludes halogenated alkanes) is 48. The molecule has 0 saturated carbocycles. The molecule has 0 aliphatic heterocycles. The predicted octanol–water partition coefficient (Wildman–Crippen LogP) is 23.9. The van der Waals surface area contributed by atoms with E-state index in [1.54, 1.807) is 0 Å². The molecule has 6 atom stereocenters. The molecule has 0 rings (SSSR count). The van der Waals surface area contributed by atoms with Crippen molar-refractivity contribution in [2.75, 3.05) is 39.6 Å². The van der Waals surface area contributed by atoms with Gasteiger partial charge in [0, 0.05) is 25.7 Å². The number of phosphoric ester groups is 2. The quantitative estimate of drug-likeness (QED) is 0.0222. The summed E-state index contributed by atoms with van der Waals surface area (Å²) in [6.07, 6.45) is 60.9. The highest BCUT2D eigenvalue weighted by molar-refractivity contribution is 7.47. The molecule has 0 aromatic rings. The minimum atomic E-state index is -4.96. The number of hydrogen-bond donors (Lipinski definition) is 3. The molecule has 0 bridgehead atoms. The number of hydrogen-bond acceptors (Lipinski definition) is 15. The van der Waals surface area contributed by atoms with Gasteiger partial charge >= 0.3 is 39.5 Å². The van der Waals surface area contributed by atoms with Gasteiger partial charge in [-0.25, -0.2) is 9.13 Å². The molecule has 0 radical (unpaired) electrons. The van der Waals surface area contributed by atoms with Crippen molar-refractivity contribution in [1.29, 1.82) is 0 Å². The van der Waals surface area contributed by atoms with E-state index in [1.165, 1.54) is 238 Å². The first kappa shape index (κ1) is 97.1. The number of carbonyl (C=O) groups is 4. The molecule has 0 aromatic carbocycles. The molecule has 0 heterocycles. The second kappa shape index (κ2) is 71.7. The largest absolute Gasteiger partial charge is 0.472 e. The number of rotatable bonds is 79. The molecule has 0 amide bonds. The van der Waals surface area contributed by atoms with Gasteiger partial charge in [0.05, 0.1) is 26.4 Å². The minimum absolute atomic E-state index is 0.107. The van der Waals surface area contributed by atoms with Crippen molar-refractivity contribution >= 4 is 39.5 Å². The zero-order chi connectivity index (χ0) is 72.8. The van der Waals surface area contributed by atoms with Crippen molar-refractivity contribution < 1.29 is 80.2 Å². The fraction of sp³-hybridized carbons (Fsp3) is 0.950. The highest BCUT2D eigenvalue weighted by atomic mass is 31.2. The molecule has 0 saturated heterocycles. The number of esters is 4. The van der Waals surface area contributed by atoms with E-state index in [0.717, 1.165) is 102 Å². The van der Waals surface area contributed by atoms with E-state index < -0.39 is 97.5 Å². The normalized spacial score (nSPS) is 14.2. The van der Waals surface area contributed by atoms with Crippen molar-refractivity contribution in [3.8, 4) is 0 Å². The lowest BCUT2D eigenvalue weighted by atomic mass is 9.99. The van der Waals surface area contributed by atoms with Gasteiger partial charge in [-0.05, 0) is 37.5 Å². The Kier molecular flexibility index (Phi) is 70.3. The Morgan fingerprint density at radius 1 is 0.293 bits per heavy atom. The van der Waals surface area contributed by atoms with E-state index in [-0.39, 0.29) is 25.7 Å². The Morgan fingerprint density at radius 3 is 0.768 bits per heavy atom. The van der Waals surface area contributed by atoms with Gasteiger partial charge in [-0.2, -0.15) is 0 Å². The van der Waals surface area contributed by atoms with E-state index in [1.807, 2.05) is 0 Å². The van der Waals surface area contributed by atoms with Crippen LogP contribution < -0.4 is 0 Å². The smallest absolute Gasteiger partial charge is 0.462 e. The number of aliphatic hydroxyl groups is 1. The first-order valence-electron chi connectivity index (χ1n) is 41.5. The first-order valence-corrected chi connectivity index (χ1v) is 44.5. The van der Waals surface area contributed by atoms with Crippen LogP contribution in [0.3, 0.4) is 0 Å². The van der Waals surface area contributed by atoms with Crippen LogP contribution in [0.25, 0.3) is 0 Å². The number of carbonyl (C=O) groups excluding carboxylic acids is 4. The minimum Gasteiger partial charge on any atom is -0.462 e. The van der Waals surface area contributed by atoms with Gasteiger partial charge in [0.1, 0.15) is 19.3 Å². The third-order valence-electron chi connectivity index (χ3n) is 19.1. The summed E-state index contributed by atoms with van der Waals surface area (Å²) in [5.41, 5.74) is 0. The van der Waals surface area contributed by atoms with Crippen LogP contribution in [-0.4, -0.2) is 96.7 Å². The first-order chi connectivity index (χ1) is 47.9. The molecule has 99 heavy (non-hydrogen) atoms. The van der Waals surface area contributed by atoms with Crippen LogP contribution in [0, 0.1) is 11.8 Å². The molecule has 0 aliphatic rings. The van der Waals surface area contributed by atoms with E-state index in [4.69, 9.17) is 37.0 Å². The summed E-state index contributed by atoms with van der Waals surface area (Å²) in [5.74, 6) is -0.556. The summed E-state index contributed by atoms with van der Waals surface area (Å²) in [5, 5.41) is 10.6. The van der Waals surface area contributed by atoms with Gasteiger partial charge in [-0.3, -0.25) is 37.3 Å². The van der Waals surface area contributed by atoms with Crippen LogP contribution in [0.5, 0.6) is 0 Å². The van der Waals surface area contributed by atoms with Crippen LogP contribution >= 0.6 is 15.6 Å². The van der Waals surface area contributed by atoms with Crippen molar-refractivity contribution in [1.82, 2.24) is 0 Å². The molecule has 0 aliphatic carbocycles. The zero-order valence-corrected chi connectivity index (χ0v) is 66.6. The Bertz CT molecular complexity index is 1910. The Morgan fingerprint density at radius 2 is 0.515 bits per heavy atom. The van der Waals surface area contributed by atoms with E-state index in [2.05, 4.69) is 41.5 Å². The standard InChI is InChI=1S/C80H156O17P2/c1-7-10-12-14-16-18-20-22-23-24-25-26-27-28-30-32-40-47-53-59-65-80(85)96-75(68-90-77(82)62-56-50-44-38-34-33-37-43-49-55-61-73(6)9-3)70-94-98(86,87)92-66-74(81)67-93-99(88,89)95-71-76(69-91-78(83)63-57-51-45-41-35-36-42-48-54-60-72(4)5)97-79(84)64-58-52-46-39-31-29-21-19-17-15-13-11-8-2/h72-76,81H,7-71H2,1-6H3,(H,86,87)(H,88,89)/t73?,74-,75-,76-/m1/s1. The molecule has 3 unspecified atom stereocenters. The molecule has 17 nitrogen and oxygen atoms in total. The molecule has 588 valence electrons. The molecule has 3 N–H and O–H groups in total.